The fourth-order valence-electron chi connectivity index (χ4n) is 7.77. The number of amides is 2. The van der Waals surface area contributed by atoms with Gasteiger partial charge in [-0.3, -0.25) is 9.59 Å². The third-order valence-corrected chi connectivity index (χ3v) is 10.8. The SMILES string of the molecule is Cc1ccc(Nc2nc(-c3ccc4c(c3)N(C3CC(N5CCCCC5)C3)C(=O)C4(C)C)cc3ncn(C(C)C)c23)cc1C(=O)N[C@H](C)CF. The fraction of sp³-hybridized carbons (Fsp3) is 0.487. The van der Waals surface area contributed by atoms with Gasteiger partial charge in [0.15, 0.2) is 5.82 Å². The number of likely N-dealkylation sites (tertiary alicyclic amines) is 1. The van der Waals surface area contributed by atoms with Crippen molar-refractivity contribution >= 4 is 40.0 Å². The quantitative estimate of drug-likeness (QED) is 0.193. The van der Waals surface area contributed by atoms with E-state index in [-0.39, 0.29) is 23.9 Å². The van der Waals surface area contributed by atoms with Crippen LogP contribution in [0.4, 0.5) is 21.6 Å². The van der Waals surface area contributed by atoms with Crippen molar-refractivity contribution in [1.29, 1.82) is 0 Å². The molecule has 2 aromatic carbocycles. The summed E-state index contributed by atoms with van der Waals surface area (Å²) in [7, 11) is 0. The average Bonchev–Trinajstić information content (AvgIpc) is 3.59. The molecule has 1 atom stereocenters. The van der Waals surface area contributed by atoms with Crippen LogP contribution in [0.5, 0.6) is 0 Å². The third kappa shape index (κ3) is 5.98. The zero-order valence-electron chi connectivity index (χ0n) is 29.5. The fourth-order valence-corrected chi connectivity index (χ4v) is 7.77. The molecule has 2 aliphatic heterocycles. The largest absolute Gasteiger partial charge is 0.347 e. The van der Waals surface area contributed by atoms with E-state index in [1.807, 2.05) is 45.3 Å². The van der Waals surface area contributed by atoms with Crippen LogP contribution < -0.4 is 15.5 Å². The zero-order chi connectivity index (χ0) is 34.6. The Hall–Kier alpha value is -4.31. The summed E-state index contributed by atoms with van der Waals surface area (Å²) in [4.78, 5) is 41.6. The first-order chi connectivity index (χ1) is 23.5. The van der Waals surface area contributed by atoms with Crippen molar-refractivity contribution in [3.05, 3.63) is 65.5 Å². The Morgan fingerprint density at radius 3 is 2.49 bits per heavy atom. The highest BCUT2D eigenvalue weighted by Crippen LogP contribution is 2.48. The molecule has 2 amide bonds. The van der Waals surface area contributed by atoms with E-state index in [2.05, 4.69) is 57.0 Å². The number of fused-ring (bicyclic) bond motifs is 2. The first kappa shape index (κ1) is 33.2. The number of imidazole rings is 1. The molecular weight excluding hydrogens is 617 g/mol. The highest BCUT2D eigenvalue weighted by Gasteiger charge is 2.50. The van der Waals surface area contributed by atoms with E-state index in [9.17, 15) is 14.0 Å². The normalized spacial score (nSPS) is 21.1. The molecule has 0 spiro atoms. The second kappa shape index (κ2) is 12.9. The molecular formula is C39H48FN7O2. The van der Waals surface area contributed by atoms with E-state index >= 15 is 0 Å². The number of piperidine rings is 1. The second-order valence-electron chi connectivity index (χ2n) is 15.1. The van der Waals surface area contributed by atoms with Gasteiger partial charge in [-0.25, -0.2) is 14.4 Å². The first-order valence-corrected chi connectivity index (χ1v) is 17.8. The van der Waals surface area contributed by atoms with E-state index < -0.39 is 18.1 Å². The predicted octanol–water partition coefficient (Wildman–Crippen LogP) is 7.46. The Morgan fingerprint density at radius 1 is 1.02 bits per heavy atom. The lowest BCUT2D eigenvalue weighted by Crippen LogP contribution is -2.57. The maximum atomic E-state index is 14.0. The number of anilines is 3. The van der Waals surface area contributed by atoms with Gasteiger partial charge < -0.3 is 25.0 Å². The molecule has 1 saturated heterocycles. The molecule has 258 valence electrons. The number of alkyl halides is 1. The van der Waals surface area contributed by atoms with Crippen LogP contribution in [0.2, 0.25) is 0 Å². The van der Waals surface area contributed by atoms with Crippen LogP contribution in [-0.2, 0) is 10.2 Å². The van der Waals surface area contributed by atoms with Crippen molar-refractivity contribution in [3.63, 3.8) is 0 Å². The number of hydrogen-bond acceptors (Lipinski definition) is 6. The van der Waals surface area contributed by atoms with Crippen molar-refractivity contribution in [1.82, 2.24) is 24.8 Å². The number of aromatic nitrogens is 3. The molecule has 4 aromatic rings. The topological polar surface area (TPSA) is 95.4 Å². The highest BCUT2D eigenvalue weighted by atomic mass is 19.1. The molecule has 3 aliphatic rings. The van der Waals surface area contributed by atoms with Crippen LogP contribution in [0.25, 0.3) is 22.3 Å². The van der Waals surface area contributed by atoms with Gasteiger partial charge in [0.2, 0.25) is 5.91 Å². The second-order valence-corrected chi connectivity index (χ2v) is 15.1. The maximum absolute atomic E-state index is 14.0. The Balaban J connectivity index is 1.24. The summed E-state index contributed by atoms with van der Waals surface area (Å²) in [6, 6.07) is 14.2. The minimum Gasteiger partial charge on any atom is -0.347 e. The van der Waals surface area contributed by atoms with Gasteiger partial charge >= 0.3 is 0 Å². The number of pyridine rings is 1. The van der Waals surface area contributed by atoms with Crippen LogP contribution in [-0.4, -0.2) is 69.1 Å². The summed E-state index contributed by atoms with van der Waals surface area (Å²) < 4.78 is 15.2. The summed E-state index contributed by atoms with van der Waals surface area (Å²) in [5, 5.41) is 6.21. The Bertz CT molecular complexity index is 1900. The number of hydrogen-bond donors (Lipinski definition) is 2. The molecule has 9 nitrogen and oxygen atoms in total. The maximum Gasteiger partial charge on any atom is 0.251 e. The molecule has 2 N–H and O–H groups in total. The van der Waals surface area contributed by atoms with Gasteiger partial charge in [-0.05, 0) is 116 Å². The molecule has 7 rings (SSSR count). The number of benzene rings is 2. The van der Waals surface area contributed by atoms with E-state index in [1.165, 1.54) is 32.4 Å². The summed E-state index contributed by atoms with van der Waals surface area (Å²) in [5.41, 5.74) is 6.69. The van der Waals surface area contributed by atoms with Crippen LogP contribution >= 0.6 is 0 Å². The number of halogens is 1. The molecule has 49 heavy (non-hydrogen) atoms. The number of nitrogens with zero attached hydrogens (tertiary/aromatic N) is 5. The van der Waals surface area contributed by atoms with Gasteiger partial charge in [-0.15, -0.1) is 0 Å². The molecule has 2 fully saturated rings. The van der Waals surface area contributed by atoms with Gasteiger partial charge in [-0.1, -0.05) is 24.6 Å². The average molecular weight is 666 g/mol. The Labute approximate surface area is 288 Å². The molecule has 2 aromatic heterocycles. The number of carbonyl (C=O) groups is 2. The number of carbonyl (C=O) groups excluding carboxylic acids is 2. The minimum absolute atomic E-state index is 0.137. The zero-order valence-corrected chi connectivity index (χ0v) is 29.5. The summed E-state index contributed by atoms with van der Waals surface area (Å²) in [6.07, 6.45) is 7.72. The van der Waals surface area contributed by atoms with Gasteiger partial charge in [0.05, 0.1) is 29.0 Å². The smallest absolute Gasteiger partial charge is 0.251 e. The summed E-state index contributed by atoms with van der Waals surface area (Å²) >= 11 is 0. The molecule has 0 bridgehead atoms. The molecule has 1 saturated carbocycles. The summed E-state index contributed by atoms with van der Waals surface area (Å²) in [5.74, 6) is 0.464. The van der Waals surface area contributed by atoms with Gasteiger partial charge in [0.25, 0.3) is 5.91 Å². The van der Waals surface area contributed by atoms with Crippen LogP contribution in [0, 0.1) is 6.92 Å². The van der Waals surface area contributed by atoms with Crippen LogP contribution in [0.15, 0.2) is 48.8 Å². The van der Waals surface area contributed by atoms with Crippen molar-refractivity contribution < 1.29 is 14.0 Å². The van der Waals surface area contributed by atoms with Crippen molar-refractivity contribution in [2.24, 2.45) is 0 Å². The Kier molecular flexibility index (Phi) is 8.71. The van der Waals surface area contributed by atoms with Crippen molar-refractivity contribution in [3.8, 4) is 11.3 Å². The van der Waals surface area contributed by atoms with Crippen LogP contribution in [0.3, 0.4) is 0 Å². The summed E-state index contributed by atoms with van der Waals surface area (Å²) in [6.45, 7) is 13.5. The van der Waals surface area contributed by atoms with Gasteiger partial charge in [0.1, 0.15) is 12.2 Å². The predicted molar refractivity (Wildman–Crippen MR) is 193 cm³/mol. The van der Waals surface area contributed by atoms with Gasteiger partial charge in [0, 0.05) is 40.6 Å². The van der Waals surface area contributed by atoms with E-state index in [0.29, 0.717) is 23.1 Å². The Morgan fingerprint density at radius 2 is 1.78 bits per heavy atom. The van der Waals surface area contributed by atoms with E-state index in [1.54, 1.807) is 13.0 Å². The number of nitrogens with one attached hydrogen (secondary N) is 2. The number of aryl methyl sites for hydroxylation is 1. The molecule has 10 heteroatoms. The van der Waals surface area contributed by atoms with E-state index in [4.69, 9.17) is 9.97 Å². The monoisotopic (exact) mass is 665 g/mol. The highest BCUT2D eigenvalue weighted by molar-refractivity contribution is 6.09. The third-order valence-electron chi connectivity index (χ3n) is 10.8. The minimum atomic E-state index is -0.636. The van der Waals surface area contributed by atoms with Crippen LogP contribution in [0.1, 0.15) is 94.2 Å². The van der Waals surface area contributed by atoms with Crippen molar-refractivity contribution in [2.45, 2.75) is 103 Å². The van der Waals surface area contributed by atoms with Crippen molar-refractivity contribution in [2.75, 3.05) is 30.0 Å². The lowest BCUT2D eigenvalue weighted by molar-refractivity contribution is -0.123. The van der Waals surface area contributed by atoms with E-state index in [0.717, 1.165) is 51.9 Å². The lowest BCUT2D eigenvalue weighted by Gasteiger charge is -2.48. The molecule has 0 radical (unpaired) electrons. The lowest BCUT2D eigenvalue weighted by atomic mass is 9.82. The molecule has 1 aliphatic carbocycles. The molecule has 0 unspecified atom stereocenters. The molecule has 4 heterocycles. The first-order valence-electron chi connectivity index (χ1n) is 17.8. The van der Waals surface area contributed by atoms with Gasteiger partial charge in [-0.2, -0.15) is 0 Å². The standard InChI is InChI=1S/C39H48FN7O2/c1-23(2)46-22-41-33-20-32(44-36(35(33)46)43-27-12-10-24(3)30(17-27)37(48)42-25(4)21-40)26-11-13-31-34(16-26)47(38(49)39(31,5)6)29-18-28(19-29)45-14-8-7-9-15-45/h10-13,16-17,20,22-23,25,28-29H,7-9,14-15,18-19,21H2,1-6H3,(H,42,48)(H,43,44)/t25-,28?,29?/m1/s1. The number of rotatable bonds is 9.